The van der Waals surface area contributed by atoms with Gasteiger partial charge in [-0.2, -0.15) is 4.31 Å². The summed E-state index contributed by atoms with van der Waals surface area (Å²) in [6, 6.07) is 10.1. The molecule has 10 heteroatoms. The van der Waals surface area contributed by atoms with E-state index in [9.17, 15) is 18.5 Å². The Morgan fingerprint density at radius 2 is 1.77 bits per heavy atom. The molecule has 1 saturated heterocycles. The maximum absolute atomic E-state index is 13.0. The van der Waals surface area contributed by atoms with Gasteiger partial charge in [-0.1, -0.05) is 6.07 Å². The first-order chi connectivity index (χ1) is 14.6. The van der Waals surface area contributed by atoms with Gasteiger partial charge < -0.3 is 15.1 Å². The van der Waals surface area contributed by atoms with E-state index in [0.717, 1.165) is 22.9 Å². The highest BCUT2D eigenvalue weighted by Gasteiger charge is 2.29. The number of hydrogen-bond acceptors (Lipinski definition) is 7. The SMILES string of the molecule is Cc1cc(N(C)C)ccc1CNc1ccc(S(=O)(=O)N2CCN(C)CC2)cc1[N+](=O)[O-]. The standard InChI is InChI=1S/C21H29N5O4S/c1-16-13-18(23(2)3)6-5-17(16)15-22-20-8-7-19(14-21(20)26(27)28)31(29,30)25-11-9-24(4)10-12-25/h5-8,13-14,22H,9-12,15H2,1-4H3. The van der Waals surface area contributed by atoms with Crippen LogP contribution < -0.4 is 10.2 Å². The second-order valence-corrected chi connectivity index (χ2v) is 9.94. The van der Waals surface area contributed by atoms with Crippen LogP contribution in [0.4, 0.5) is 17.1 Å². The Bertz CT molecular complexity index is 1060. The summed E-state index contributed by atoms with van der Waals surface area (Å²) in [5, 5.41) is 14.8. The van der Waals surface area contributed by atoms with Gasteiger partial charge in [-0.25, -0.2) is 8.42 Å². The highest BCUT2D eigenvalue weighted by atomic mass is 32.2. The van der Waals surface area contributed by atoms with Crippen LogP contribution in [0, 0.1) is 17.0 Å². The Labute approximate surface area is 183 Å². The van der Waals surface area contributed by atoms with Crippen molar-refractivity contribution < 1.29 is 13.3 Å². The molecule has 1 aliphatic rings. The van der Waals surface area contributed by atoms with Crippen LogP contribution in [-0.2, 0) is 16.6 Å². The summed E-state index contributed by atoms with van der Waals surface area (Å²) < 4.78 is 27.3. The molecule has 1 heterocycles. The van der Waals surface area contributed by atoms with Crippen LogP contribution in [0.5, 0.6) is 0 Å². The van der Waals surface area contributed by atoms with Gasteiger partial charge in [0.2, 0.25) is 10.0 Å². The van der Waals surface area contributed by atoms with E-state index < -0.39 is 14.9 Å². The number of nitrogens with one attached hydrogen (secondary N) is 1. The van der Waals surface area contributed by atoms with Gasteiger partial charge in [-0.3, -0.25) is 10.1 Å². The van der Waals surface area contributed by atoms with Crippen molar-refractivity contribution in [1.29, 1.82) is 0 Å². The van der Waals surface area contributed by atoms with Crippen molar-refractivity contribution in [2.45, 2.75) is 18.4 Å². The van der Waals surface area contributed by atoms with Crippen molar-refractivity contribution in [2.24, 2.45) is 0 Å². The van der Waals surface area contributed by atoms with Crippen molar-refractivity contribution in [3.8, 4) is 0 Å². The average molecular weight is 448 g/mol. The molecule has 0 spiro atoms. The fraction of sp³-hybridized carbons (Fsp3) is 0.429. The van der Waals surface area contributed by atoms with Crippen LogP contribution in [0.1, 0.15) is 11.1 Å². The smallest absolute Gasteiger partial charge is 0.293 e. The number of sulfonamides is 1. The molecule has 1 N–H and O–H groups in total. The molecule has 0 saturated carbocycles. The number of likely N-dealkylation sites (N-methyl/N-ethyl adjacent to an activating group) is 1. The van der Waals surface area contributed by atoms with E-state index in [4.69, 9.17) is 0 Å². The van der Waals surface area contributed by atoms with Crippen molar-refractivity contribution in [3.05, 3.63) is 57.6 Å². The summed E-state index contributed by atoms with van der Waals surface area (Å²) in [5.74, 6) is 0. The molecular formula is C21H29N5O4S. The molecule has 2 aromatic rings. The molecule has 1 aliphatic heterocycles. The molecule has 3 rings (SSSR count). The quantitative estimate of drug-likeness (QED) is 0.514. The number of aryl methyl sites for hydroxylation is 1. The number of rotatable bonds is 7. The van der Waals surface area contributed by atoms with E-state index in [1.165, 1.54) is 16.4 Å². The maximum atomic E-state index is 13.0. The normalized spacial score (nSPS) is 15.6. The highest BCUT2D eigenvalue weighted by Crippen LogP contribution is 2.30. The summed E-state index contributed by atoms with van der Waals surface area (Å²) in [6.07, 6.45) is 0. The lowest BCUT2D eigenvalue weighted by atomic mass is 10.1. The van der Waals surface area contributed by atoms with Gasteiger partial charge in [0, 0.05) is 58.6 Å². The minimum Gasteiger partial charge on any atom is -0.378 e. The second kappa shape index (κ2) is 9.21. The van der Waals surface area contributed by atoms with Gasteiger partial charge >= 0.3 is 0 Å². The molecule has 0 bridgehead atoms. The molecule has 1 fully saturated rings. The average Bonchev–Trinajstić information content (AvgIpc) is 2.72. The first-order valence-electron chi connectivity index (χ1n) is 10.1. The monoisotopic (exact) mass is 447 g/mol. The molecule has 168 valence electrons. The topological polar surface area (TPSA) is 99.0 Å². The molecule has 9 nitrogen and oxygen atoms in total. The highest BCUT2D eigenvalue weighted by molar-refractivity contribution is 7.89. The number of anilines is 2. The zero-order valence-corrected chi connectivity index (χ0v) is 19.1. The van der Waals surface area contributed by atoms with Crippen molar-refractivity contribution in [3.63, 3.8) is 0 Å². The van der Waals surface area contributed by atoms with Crippen molar-refractivity contribution in [2.75, 3.05) is 57.5 Å². The number of nitro groups is 1. The number of nitro benzene ring substituents is 1. The first-order valence-corrected chi connectivity index (χ1v) is 11.5. The van der Waals surface area contributed by atoms with E-state index >= 15 is 0 Å². The Morgan fingerprint density at radius 1 is 1.10 bits per heavy atom. The maximum Gasteiger partial charge on any atom is 0.293 e. The number of hydrogen-bond donors (Lipinski definition) is 1. The predicted molar refractivity (Wildman–Crippen MR) is 122 cm³/mol. The molecule has 0 atom stereocenters. The van der Waals surface area contributed by atoms with Crippen LogP contribution in [0.3, 0.4) is 0 Å². The summed E-state index contributed by atoms with van der Waals surface area (Å²) in [6.45, 7) is 4.39. The van der Waals surface area contributed by atoms with Gasteiger partial charge in [-0.05, 0) is 49.4 Å². The predicted octanol–water partition coefficient (Wildman–Crippen LogP) is 2.52. The third kappa shape index (κ3) is 5.15. The summed E-state index contributed by atoms with van der Waals surface area (Å²) in [5.41, 5.74) is 3.19. The zero-order valence-electron chi connectivity index (χ0n) is 18.3. The summed E-state index contributed by atoms with van der Waals surface area (Å²) >= 11 is 0. The van der Waals surface area contributed by atoms with Crippen LogP contribution in [0.25, 0.3) is 0 Å². The van der Waals surface area contributed by atoms with Crippen LogP contribution in [-0.4, -0.2) is 69.9 Å². The third-order valence-electron chi connectivity index (χ3n) is 5.58. The summed E-state index contributed by atoms with van der Waals surface area (Å²) in [7, 11) is 2.09. The van der Waals surface area contributed by atoms with Crippen LogP contribution in [0.15, 0.2) is 41.3 Å². The molecule has 0 aromatic heterocycles. The van der Waals surface area contributed by atoms with E-state index in [-0.39, 0.29) is 10.6 Å². The van der Waals surface area contributed by atoms with Gasteiger partial charge in [-0.15, -0.1) is 0 Å². The van der Waals surface area contributed by atoms with Gasteiger partial charge in [0.15, 0.2) is 0 Å². The van der Waals surface area contributed by atoms with E-state index in [0.29, 0.717) is 38.4 Å². The van der Waals surface area contributed by atoms with E-state index in [1.807, 2.05) is 45.1 Å². The Hall–Kier alpha value is -2.69. The fourth-order valence-electron chi connectivity index (χ4n) is 3.50. The molecule has 0 amide bonds. The van der Waals surface area contributed by atoms with Crippen LogP contribution in [0.2, 0.25) is 0 Å². The lowest BCUT2D eigenvalue weighted by Crippen LogP contribution is -2.47. The minimum absolute atomic E-state index is 0.0548. The van der Waals surface area contributed by atoms with E-state index in [2.05, 4.69) is 16.3 Å². The van der Waals surface area contributed by atoms with Crippen molar-refractivity contribution >= 4 is 27.1 Å². The second-order valence-electron chi connectivity index (χ2n) is 8.00. The molecule has 0 unspecified atom stereocenters. The third-order valence-corrected chi connectivity index (χ3v) is 7.47. The largest absolute Gasteiger partial charge is 0.378 e. The Morgan fingerprint density at radius 3 is 2.35 bits per heavy atom. The van der Waals surface area contributed by atoms with Gasteiger partial charge in [0.1, 0.15) is 5.69 Å². The lowest BCUT2D eigenvalue weighted by Gasteiger charge is -2.31. The molecular weight excluding hydrogens is 418 g/mol. The lowest BCUT2D eigenvalue weighted by molar-refractivity contribution is -0.384. The summed E-state index contributed by atoms with van der Waals surface area (Å²) in [4.78, 5) is 15.1. The number of benzene rings is 2. The molecule has 2 aromatic carbocycles. The molecule has 0 aliphatic carbocycles. The first kappa shape index (κ1) is 23.0. The van der Waals surface area contributed by atoms with Crippen LogP contribution >= 0.6 is 0 Å². The fourth-order valence-corrected chi connectivity index (χ4v) is 4.94. The Balaban J connectivity index is 1.82. The minimum atomic E-state index is -3.78. The molecule has 0 radical (unpaired) electrons. The molecule has 31 heavy (non-hydrogen) atoms. The Kier molecular flexibility index (Phi) is 6.83. The van der Waals surface area contributed by atoms with Gasteiger partial charge in [0.05, 0.1) is 9.82 Å². The van der Waals surface area contributed by atoms with Gasteiger partial charge in [0.25, 0.3) is 5.69 Å². The van der Waals surface area contributed by atoms with E-state index in [1.54, 1.807) is 0 Å². The van der Waals surface area contributed by atoms with Crippen molar-refractivity contribution in [1.82, 2.24) is 9.21 Å². The number of piperazine rings is 1. The number of nitrogens with zero attached hydrogens (tertiary/aromatic N) is 4. The zero-order chi connectivity index (χ0) is 22.8.